The lowest BCUT2D eigenvalue weighted by Gasteiger charge is -2.08. The highest BCUT2D eigenvalue weighted by atomic mass is 32.2. The van der Waals surface area contributed by atoms with Crippen LogP contribution in [0.2, 0.25) is 0 Å². The highest BCUT2D eigenvalue weighted by Crippen LogP contribution is 2.29. The Morgan fingerprint density at radius 2 is 1.88 bits per heavy atom. The molecule has 8 heteroatoms. The van der Waals surface area contributed by atoms with Crippen LogP contribution >= 0.6 is 11.3 Å². The maximum atomic E-state index is 12.5. The molecule has 0 atom stereocenters. The van der Waals surface area contributed by atoms with Gasteiger partial charge in [0.05, 0.1) is 20.8 Å². The van der Waals surface area contributed by atoms with Gasteiger partial charge in [0.25, 0.3) is 10.0 Å². The minimum Gasteiger partial charge on any atom is -0.302 e. The third kappa shape index (κ3) is 3.97. The summed E-state index contributed by atoms with van der Waals surface area (Å²) in [5.41, 5.74) is 2.12. The van der Waals surface area contributed by atoms with Gasteiger partial charge in [-0.2, -0.15) is 0 Å². The molecule has 3 rings (SSSR count). The largest absolute Gasteiger partial charge is 0.302 e. The Morgan fingerprint density at radius 3 is 2.52 bits per heavy atom. The first-order valence-electron chi connectivity index (χ1n) is 7.67. The summed E-state index contributed by atoms with van der Waals surface area (Å²) in [7, 11) is -3.66. The minimum absolute atomic E-state index is 0.199. The van der Waals surface area contributed by atoms with E-state index in [1.807, 2.05) is 6.92 Å². The predicted octanol–water partition coefficient (Wildman–Crippen LogP) is 3.62. The zero-order valence-corrected chi connectivity index (χ0v) is 15.4. The van der Waals surface area contributed by atoms with Crippen LogP contribution in [0.3, 0.4) is 0 Å². The van der Waals surface area contributed by atoms with Gasteiger partial charge in [-0.25, -0.2) is 13.4 Å². The number of hydrogen-bond donors (Lipinski definition) is 2. The Balaban J connectivity index is 1.86. The van der Waals surface area contributed by atoms with Crippen LogP contribution in [0.4, 0.5) is 10.8 Å². The first-order valence-corrected chi connectivity index (χ1v) is 9.97. The van der Waals surface area contributed by atoms with Gasteiger partial charge in [-0.1, -0.05) is 30.4 Å². The van der Waals surface area contributed by atoms with Gasteiger partial charge in [0.2, 0.25) is 5.91 Å². The SMILES string of the molecule is CCc1ccc(S(=O)(=O)Nc2ccc3sc(NC(C)=O)nc3c2)cc1. The van der Waals surface area contributed by atoms with Crippen molar-refractivity contribution < 1.29 is 13.2 Å². The molecule has 0 aliphatic rings. The molecule has 1 amide bonds. The van der Waals surface area contributed by atoms with Gasteiger partial charge in [0, 0.05) is 6.92 Å². The number of hydrogen-bond acceptors (Lipinski definition) is 5. The number of fused-ring (bicyclic) bond motifs is 1. The summed E-state index contributed by atoms with van der Waals surface area (Å²) in [4.78, 5) is 15.6. The second-order valence-corrected chi connectivity index (χ2v) is 8.20. The summed E-state index contributed by atoms with van der Waals surface area (Å²) < 4.78 is 28.4. The van der Waals surface area contributed by atoms with Gasteiger partial charge >= 0.3 is 0 Å². The quantitative estimate of drug-likeness (QED) is 0.713. The number of aromatic nitrogens is 1. The fourth-order valence-electron chi connectivity index (χ4n) is 2.31. The van der Waals surface area contributed by atoms with E-state index in [1.54, 1.807) is 42.5 Å². The van der Waals surface area contributed by atoms with Gasteiger partial charge in [-0.05, 0) is 42.3 Å². The van der Waals surface area contributed by atoms with Gasteiger partial charge in [-0.15, -0.1) is 0 Å². The molecule has 3 aromatic rings. The van der Waals surface area contributed by atoms with Crippen molar-refractivity contribution in [2.24, 2.45) is 0 Å². The molecule has 25 heavy (non-hydrogen) atoms. The molecule has 0 saturated heterocycles. The van der Waals surface area contributed by atoms with Crippen LogP contribution in [0, 0.1) is 0 Å². The van der Waals surface area contributed by atoms with Crippen LogP contribution in [0.25, 0.3) is 10.2 Å². The van der Waals surface area contributed by atoms with E-state index in [1.165, 1.54) is 18.3 Å². The van der Waals surface area contributed by atoms with Crippen molar-refractivity contribution in [1.82, 2.24) is 4.98 Å². The Labute approximate surface area is 150 Å². The van der Waals surface area contributed by atoms with Gasteiger partial charge < -0.3 is 5.32 Å². The predicted molar refractivity (Wildman–Crippen MR) is 101 cm³/mol. The van der Waals surface area contributed by atoms with Crippen LogP contribution in [-0.4, -0.2) is 19.3 Å². The first-order chi connectivity index (χ1) is 11.9. The van der Waals surface area contributed by atoms with E-state index in [4.69, 9.17) is 0 Å². The van der Waals surface area contributed by atoms with E-state index < -0.39 is 10.0 Å². The topological polar surface area (TPSA) is 88.2 Å². The van der Waals surface area contributed by atoms with Crippen molar-refractivity contribution in [3.05, 3.63) is 48.0 Å². The van der Waals surface area contributed by atoms with Crippen molar-refractivity contribution in [3.63, 3.8) is 0 Å². The molecular formula is C17H17N3O3S2. The normalized spacial score (nSPS) is 11.4. The highest BCUT2D eigenvalue weighted by Gasteiger charge is 2.15. The third-order valence-electron chi connectivity index (χ3n) is 3.56. The standard InChI is InChI=1S/C17H17N3O3S2/c1-3-12-4-7-14(8-5-12)25(22,23)20-13-6-9-16-15(10-13)19-17(24-16)18-11(2)21/h4-10,20H,3H2,1-2H3,(H,18,19,21). The Kier molecular flexibility index (Phi) is 4.73. The number of nitrogens with one attached hydrogen (secondary N) is 2. The number of thiazole rings is 1. The summed E-state index contributed by atoms with van der Waals surface area (Å²) in [6, 6.07) is 11.9. The summed E-state index contributed by atoms with van der Waals surface area (Å²) in [6.07, 6.45) is 0.852. The van der Waals surface area contributed by atoms with E-state index in [2.05, 4.69) is 15.0 Å². The number of benzene rings is 2. The van der Waals surface area contributed by atoms with Crippen LogP contribution in [0.5, 0.6) is 0 Å². The van der Waals surface area contributed by atoms with Crippen molar-refractivity contribution in [3.8, 4) is 0 Å². The zero-order valence-electron chi connectivity index (χ0n) is 13.7. The minimum atomic E-state index is -3.66. The van der Waals surface area contributed by atoms with E-state index in [0.29, 0.717) is 16.3 Å². The molecule has 0 radical (unpaired) electrons. The van der Waals surface area contributed by atoms with Crippen molar-refractivity contribution in [2.75, 3.05) is 10.0 Å². The number of carbonyl (C=O) groups is 1. The average Bonchev–Trinajstić information content (AvgIpc) is 2.95. The number of nitrogens with zero attached hydrogens (tertiary/aromatic N) is 1. The van der Waals surface area contributed by atoms with Crippen molar-refractivity contribution in [1.29, 1.82) is 0 Å². The number of amides is 1. The van der Waals surface area contributed by atoms with E-state index in [-0.39, 0.29) is 10.8 Å². The average molecular weight is 375 g/mol. The van der Waals surface area contributed by atoms with Gasteiger partial charge in [-0.3, -0.25) is 9.52 Å². The summed E-state index contributed by atoms with van der Waals surface area (Å²) in [5, 5.41) is 3.11. The van der Waals surface area contributed by atoms with E-state index in [9.17, 15) is 13.2 Å². The molecule has 0 bridgehead atoms. The number of sulfonamides is 1. The summed E-state index contributed by atoms with van der Waals surface area (Å²) in [5.74, 6) is -0.199. The van der Waals surface area contributed by atoms with Crippen molar-refractivity contribution in [2.45, 2.75) is 25.2 Å². The molecule has 0 saturated carbocycles. The number of carbonyl (C=O) groups excluding carboxylic acids is 1. The molecule has 6 nitrogen and oxygen atoms in total. The molecule has 2 N–H and O–H groups in total. The third-order valence-corrected chi connectivity index (χ3v) is 5.91. The molecule has 130 valence electrons. The summed E-state index contributed by atoms with van der Waals surface area (Å²) >= 11 is 1.33. The fraction of sp³-hybridized carbons (Fsp3) is 0.176. The Bertz CT molecular complexity index is 1020. The maximum absolute atomic E-state index is 12.5. The fourth-order valence-corrected chi connectivity index (χ4v) is 4.26. The first kappa shape index (κ1) is 17.4. The molecule has 2 aromatic carbocycles. The molecule has 0 aliphatic carbocycles. The zero-order chi connectivity index (χ0) is 18.0. The molecule has 0 spiro atoms. The van der Waals surface area contributed by atoms with E-state index >= 15 is 0 Å². The monoisotopic (exact) mass is 375 g/mol. The molecule has 0 aliphatic heterocycles. The smallest absolute Gasteiger partial charge is 0.261 e. The molecular weight excluding hydrogens is 358 g/mol. The maximum Gasteiger partial charge on any atom is 0.261 e. The molecule has 1 aromatic heterocycles. The van der Waals surface area contributed by atoms with Crippen LogP contribution in [0.15, 0.2) is 47.4 Å². The second kappa shape index (κ2) is 6.81. The second-order valence-electron chi connectivity index (χ2n) is 5.49. The van der Waals surface area contributed by atoms with Crippen molar-refractivity contribution >= 4 is 48.3 Å². The molecule has 0 unspecified atom stereocenters. The van der Waals surface area contributed by atoms with Crippen LogP contribution in [0.1, 0.15) is 19.4 Å². The molecule has 1 heterocycles. The lowest BCUT2D eigenvalue weighted by atomic mass is 10.2. The number of rotatable bonds is 5. The van der Waals surface area contributed by atoms with Gasteiger partial charge in [0.1, 0.15) is 0 Å². The Morgan fingerprint density at radius 1 is 1.16 bits per heavy atom. The number of anilines is 2. The van der Waals surface area contributed by atoms with E-state index in [0.717, 1.165) is 16.7 Å². The van der Waals surface area contributed by atoms with Crippen LogP contribution < -0.4 is 10.0 Å². The lowest BCUT2D eigenvalue weighted by Crippen LogP contribution is -2.12. The lowest BCUT2D eigenvalue weighted by molar-refractivity contribution is -0.114. The van der Waals surface area contributed by atoms with Crippen LogP contribution in [-0.2, 0) is 21.2 Å². The summed E-state index contributed by atoms with van der Waals surface area (Å²) in [6.45, 7) is 3.43. The Hall–Kier alpha value is -2.45. The highest BCUT2D eigenvalue weighted by molar-refractivity contribution is 7.92. The number of aryl methyl sites for hydroxylation is 1. The molecule has 0 fully saturated rings. The van der Waals surface area contributed by atoms with Gasteiger partial charge in [0.15, 0.2) is 5.13 Å².